The lowest BCUT2D eigenvalue weighted by Gasteiger charge is -2.36. The van der Waals surface area contributed by atoms with Gasteiger partial charge >= 0.3 is 7.82 Å². The van der Waals surface area contributed by atoms with Crippen molar-refractivity contribution in [3.8, 4) is 5.69 Å². The van der Waals surface area contributed by atoms with Crippen LogP contribution in [0.1, 0.15) is 30.6 Å². The van der Waals surface area contributed by atoms with Crippen molar-refractivity contribution in [2.45, 2.75) is 26.4 Å². The highest BCUT2D eigenvalue weighted by Crippen LogP contribution is 2.44. The molecule has 2 heterocycles. The summed E-state index contributed by atoms with van der Waals surface area (Å²) in [7, 11) is -4.04. The second-order valence-electron chi connectivity index (χ2n) is 8.50. The molecule has 3 aromatic rings. The lowest BCUT2D eigenvalue weighted by atomic mass is 10.1. The molecule has 0 amide bonds. The smallest absolute Gasteiger partial charge is 0.355 e. The molecule has 1 aliphatic rings. The van der Waals surface area contributed by atoms with Crippen LogP contribution in [0.25, 0.3) is 16.6 Å². The molecule has 1 aromatic heterocycles. The van der Waals surface area contributed by atoms with Crippen LogP contribution in [0, 0.1) is 0 Å². The van der Waals surface area contributed by atoms with E-state index in [9.17, 15) is 14.3 Å². The number of phosphoric ester groups is 1. The number of para-hydroxylation sites is 2. The molecule has 1 fully saturated rings. The third-order valence-electron chi connectivity index (χ3n) is 6.24. The number of nitrogens with zero attached hydrogens (tertiary/aromatic N) is 3. The van der Waals surface area contributed by atoms with Gasteiger partial charge in [-0.05, 0) is 31.5 Å². The SMILES string of the molecule is CCC(C)OP(=O)(O)OCCN1CCN(c2c(C=O)c3ccccc3n2-c2ccccc2)CC1. The standard InChI is InChI=1S/C25H32N3O5P/c1-3-20(2)33-34(30,31)32-18-17-26-13-15-27(16-14-26)25-23(19-29)22-11-7-8-12-24(22)28(25)21-9-5-4-6-10-21/h4-12,19-20H,3,13-18H2,1-2H3,(H,30,31). The zero-order valence-corrected chi connectivity index (χ0v) is 20.6. The van der Waals surface area contributed by atoms with Gasteiger partial charge in [0.05, 0.1) is 23.8 Å². The summed E-state index contributed by atoms with van der Waals surface area (Å²) in [6.07, 6.45) is 1.26. The van der Waals surface area contributed by atoms with Crippen LogP contribution in [0.5, 0.6) is 0 Å². The summed E-state index contributed by atoms with van der Waals surface area (Å²) < 4.78 is 24.4. The second-order valence-corrected chi connectivity index (χ2v) is 9.90. The van der Waals surface area contributed by atoms with Gasteiger partial charge < -0.3 is 9.79 Å². The number of anilines is 1. The van der Waals surface area contributed by atoms with Gasteiger partial charge in [0.25, 0.3) is 0 Å². The van der Waals surface area contributed by atoms with Gasteiger partial charge in [-0.1, -0.05) is 43.3 Å². The number of piperazine rings is 1. The summed E-state index contributed by atoms with van der Waals surface area (Å²) in [6.45, 7) is 7.23. The first-order valence-corrected chi connectivity index (χ1v) is 13.2. The zero-order chi connectivity index (χ0) is 24.1. The van der Waals surface area contributed by atoms with Crippen LogP contribution in [0.2, 0.25) is 0 Å². The van der Waals surface area contributed by atoms with Crippen LogP contribution >= 0.6 is 7.82 Å². The number of phosphoric acid groups is 1. The fourth-order valence-electron chi connectivity index (χ4n) is 4.32. The largest absolute Gasteiger partial charge is 0.472 e. The molecule has 4 rings (SSSR count). The van der Waals surface area contributed by atoms with Crippen LogP contribution in [-0.4, -0.2) is 66.1 Å². The summed E-state index contributed by atoms with van der Waals surface area (Å²) in [4.78, 5) is 26.5. The van der Waals surface area contributed by atoms with Crippen LogP contribution in [0.4, 0.5) is 5.82 Å². The monoisotopic (exact) mass is 485 g/mol. The Hall–Kier alpha value is -2.48. The molecule has 2 aromatic carbocycles. The minimum Gasteiger partial charge on any atom is -0.355 e. The van der Waals surface area contributed by atoms with E-state index in [0.29, 0.717) is 18.5 Å². The van der Waals surface area contributed by atoms with E-state index in [4.69, 9.17) is 9.05 Å². The van der Waals surface area contributed by atoms with Gasteiger partial charge in [-0.2, -0.15) is 0 Å². The number of aldehydes is 1. The highest BCUT2D eigenvalue weighted by Gasteiger charge is 2.27. The van der Waals surface area contributed by atoms with E-state index < -0.39 is 7.82 Å². The Morgan fingerprint density at radius 1 is 1.06 bits per heavy atom. The molecule has 0 radical (unpaired) electrons. The number of carbonyl (C=O) groups excluding carboxylic acids is 1. The van der Waals surface area contributed by atoms with Crippen molar-refractivity contribution in [3.05, 3.63) is 60.2 Å². The van der Waals surface area contributed by atoms with E-state index in [1.54, 1.807) is 6.92 Å². The molecule has 9 heteroatoms. The maximum absolute atomic E-state index is 12.2. The van der Waals surface area contributed by atoms with Crippen LogP contribution < -0.4 is 4.90 Å². The molecular weight excluding hydrogens is 453 g/mol. The molecule has 1 aliphatic heterocycles. The van der Waals surface area contributed by atoms with E-state index in [1.165, 1.54) is 0 Å². The van der Waals surface area contributed by atoms with Gasteiger partial charge in [-0.3, -0.25) is 23.3 Å². The first-order valence-electron chi connectivity index (χ1n) is 11.7. The lowest BCUT2D eigenvalue weighted by Crippen LogP contribution is -2.48. The van der Waals surface area contributed by atoms with Gasteiger partial charge in [0.2, 0.25) is 0 Å². The maximum Gasteiger partial charge on any atom is 0.472 e. The molecule has 2 unspecified atom stereocenters. The molecule has 8 nitrogen and oxygen atoms in total. The Morgan fingerprint density at radius 3 is 2.41 bits per heavy atom. The Kier molecular flexibility index (Phi) is 7.86. The lowest BCUT2D eigenvalue weighted by molar-refractivity contribution is 0.0996. The van der Waals surface area contributed by atoms with Crippen LogP contribution in [0.3, 0.4) is 0 Å². The molecular formula is C25H32N3O5P. The maximum atomic E-state index is 12.2. The van der Waals surface area contributed by atoms with Crippen molar-refractivity contribution < 1.29 is 23.3 Å². The van der Waals surface area contributed by atoms with Crippen molar-refractivity contribution in [1.82, 2.24) is 9.47 Å². The minimum absolute atomic E-state index is 0.119. The fraction of sp³-hybridized carbons (Fsp3) is 0.400. The van der Waals surface area contributed by atoms with E-state index in [0.717, 1.165) is 54.9 Å². The first-order chi connectivity index (χ1) is 16.4. The van der Waals surface area contributed by atoms with E-state index in [2.05, 4.69) is 14.4 Å². The Morgan fingerprint density at radius 2 is 1.74 bits per heavy atom. The third-order valence-corrected chi connectivity index (χ3v) is 7.38. The Labute approximate surface area is 200 Å². The molecule has 0 spiro atoms. The number of fused-ring (bicyclic) bond motifs is 1. The van der Waals surface area contributed by atoms with Crippen molar-refractivity contribution >= 4 is 30.8 Å². The number of benzene rings is 2. The second kappa shape index (κ2) is 10.8. The predicted molar refractivity (Wildman–Crippen MR) is 134 cm³/mol. The van der Waals surface area contributed by atoms with Crippen LogP contribution in [-0.2, 0) is 13.6 Å². The van der Waals surface area contributed by atoms with E-state index >= 15 is 0 Å². The summed E-state index contributed by atoms with van der Waals surface area (Å²) in [5.74, 6) is 0.903. The summed E-state index contributed by atoms with van der Waals surface area (Å²) >= 11 is 0. The van der Waals surface area contributed by atoms with Crippen molar-refractivity contribution in [1.29, 1.82) is 0 Å². The Bertz CT molecular complexity index is 1160. The summed E-state index contributed by atoms with van der Waals surface area (Å²) in [5, 5.41) is 0.937. The average molecular weight is 486 g/mol. The fourth-order valence-corrected chi connectivity index (χ4v) is 5.30. The number of carbonyl (C=O) groups is 1. The first kappa shape index (κ1) is 24.6. The molecule has 182 valence electrons. The molecule has 0 aliphatic carbocycles. The van der Waals surface area contributed by atoms with Gasteiger partial charge in [-0.25, -0.2) is 4.57 Å². The quantitative estimate of drug-likeness (QED) is 0.334. The van der Waals surface area contributed by atoms with Gasteiger partial charge in [-0.15, -0.1) is 0 Å². The highest BCUT2D eigenvalue weighted by molar-refractivity contribution is 7.47. The highest BCUT2D eigenvalue weighted by atomic mass is 31.2. The number of hydrogen-bond acceptors (Lipinski definition) is 6. The summed E-state index contributed by atoms with van der Waals surface area (Å²) in [6, 6.07) is 18.1. The molecule has 1 N–H and O–H groups in total. The van der Waals surface area contributed by atoms with Crippen molar-refractivity contribution in [2.24, 2.45) is 0 Å². The average Bonchev–Trinajstić information content (AvgIpc) is 3.19. The molecule has 34 heavy (non-hydrogen) atoms. The van der Waals surface area contributed by atoms with Gasteiger partial charge in [0, 0.05) is 43.8 Å². The molecule has 2 atom stereocenters. The minimum atomic E-state index is -4.04. The van der Waals surface area contributed by atoms with Crippen molar-refractivity contribution in [3.63, 3.8) is 0 Å². The van der Waals surface area contributed by atoms with Gasteiger partial charge in [0.1, 0.15) is 5.82 Å². The van der Waals surface area contributed by atoms with Crippen LogP contribution in [0.15, 0.2) is 54.6 Å². The molecule has 1 saturated heterocycles. The third kappa shape index (κ3) is 5.43. The predicted octanol–water partition coefficient (Wildman–Crippen LogP) is 4.50. The van der Waals surface area contributed by atoms with E-state index in [1.807, 2.05) is 61.5 Å². The van der Waals surface area contributed by atoms with E-state index in [-0.39, 0.29) is 12.7 Å². The number of aromatic nitrogens is 1. The van der Waals surface area contributed by atoms with Crippen molar-refractivity contribution in [2.75, 3.05) is 44.2 Å². The molecule has 0 bridgehead atoms. The Balaban J connectivity index is 1.48. The number of hydrogen-bond donors (Lipinski definition) is 1. The zero-order valence-electron chi connectivity index (χ0n) is 19.7. The number of rotatable bonds is 10. The molecule has 0 saturated carbocycles. The van der Waals surface area contributed by atoms with Gasteiger partial charge in [0.15, 0.2) is 6.29 Å². The normalized spacial score (nSPS) is 17.6. The topological polar surface area (TPSA) is 84.2 Å². The summed E-state index contributed by atoms with van der Waals surface area (Å²) in [5.41, 5.74) is 2.71.